The number of anilines is 2. The van der Waals surface area contributed by atoms with Crippen LogP contribution >= 0.6 is 0 Å². The number of rotatable bonds is 2. The first-order chi connectivity index (χ1) is 12.8. The molecule has 0 heterocycles. The number of benzene rings is 2. The Bertz CT molecular complexity index is 933. The molecular formula is C16H13F9N2O2. The molecule has 4 nitrogen and oxygen atoms in total. The molecule has 0 amide bonds. The Balaban J connectivity index is 2.95. The summed E-state index contributed by atoms with van der Waals surface area (Å²) in [6, 6.07) is 2.51. The third kappa shape index (κ3) is 3.21. The third-order valence-electron chi connectivity index (χ3n) is 4.55. The molecule has 2 rings (SSSR count). The largest absolute Gasteiger partial charge is 0.430 e. The fourth-order valence-corrected chi connectivity index (χ4v) is 2.83. The van der Waals surface area contributed by atoms with Crippen LogP contribution < -0.4 is 11.5 Å². The van der Waals surface area contributed by atoms with Crippen LogP contribution in [-0.4, -0.2) is 28.7 Å². The van der Waals surface area contributed by atoms with E-state index >= 15 is 0 Å². The number of halogens is 9. The molecule has 0 fully saturated rings. The molecular weight excluding hydrogens is 423 g/mol. The monoisotopic (exact) mass is 436 g/mol. The van der Waals surface area contributed by atoms with Gasteiger partial charge in [0.15, 0.2) is 5.60 Å². The van der Waals surface area contributed by atoms with Gasteiger partial charge in [-0.2, -0.15) is 39.5 Å². The second-order valence-corrected chi connectivity index (χ2v) is 6.43. The van der Waals surface area contributed by atoms with E-state index in [1.54, 1.807) is 0 Å². The van der Waals surface area contributed by atoms with E-state index in [9.17, 15) is 49.7 Å². The lowest BCUT2D eigenvalue weighted by Gasteiger charge is -2.34. The highest BCUT2D eigenvalue weighted by Gasteiger charge is 2.72. The minimum absolute atomic E-state index is 0.211. The van der Waals surface area contributed by atoms with E-state index in [-0.39, 0.29) is 11.5 Å². The average molecular weight is 436 g/mol. The molecule has 0 saturated carbocycles. The fraction of sp³-hybridized carbons (Fsp3) is 0.375. The maximum atomic E-state index is 13.1. The third-order valence-corrected chi connectivity index (χ3v) is 4.55. The van der Waals surface area contributed by atoms with Crippen LogP contribution in [0.2, 0.25) is 0 Å². The Morgan fingerprint density at radius 3 is 1.41 bits per heavy atom. The molecule has 0 aliphatic rings. The smallest absolute Gasteiger partial charge is 0.398 e. The lowest BCUT2D eigenvalue weighted by molar-refractivity contribution is -0.375. The summed E-state index contributed by atoms with van der Waals surface area (Å²) in [6.45, 7) is 0.298. The summed E-state index contributed by atoms with van der Waals surface area (Å²) in [5.74, 6) is 0. The Morgan fingerprint density at radius 1 is 0.655 bits per heavy atom. The van der Waals surface area contributed by atoms with Gasteiger partial charge in [-0.3, -0.25) is 0 Å². The Kier molecular flexibility index (Phi) is 4.96. The average Bonchev–Trinajstić information content (AvgIpc) is 2.51. The number of nitrogens with two attached hydrogens (primary N) is 2. The molecule has 0 radical (unpaired) electrons. The van der Waals surface area contributed by atoms with Crippen molar-refractivity contribution in [3.05, 3.63) is 35.4 Å². The van der Waals surface area contributed by atoms with E-state index in [0.29, 0.717) is 19.1 Å². The number of hydrogen-bond donors (Lipinski definition) is 4. The van der Waals surface area contributed by atoms with Gasteiger partial charge < -0.3 is 21.7 Å². The van der Waals surface area contributed by atoms with Crippen molar-refractivity contribution in [2.24, 2.45) is 0 Å². The molecule has 6 N–H and O–H groups in total. The molecule has 2 aromatic rings. The fourth-order valence-electron chi connectivity index (χ4n) is 2.83. The molecule has 29 heavy (non-hydrogen) atoms. The van der Waals surface area contributed by atoms with Gasteiger partial charge in [-0.25, -0.2) is 0 Å². The zero-order valence-electron chi connectivity index (χ0n) is 14.3. The molecule has 0 aliphatic carbocycles. The van der Waals surface area contributed by atoms with Crippen molar-refractivity contribution in [2.75, 3.05) is 11.5 Å². The van der Waals surface area contributed by atoms with Crippen LogP contribution in [0.25, 0.3) is 10.8 Å². The van der Waals surface area contributed by atoms with Crippen LogP contribution in [-0.2, 0) is 11.2 Å². The summed E-state index contributed by atoms with van der Waals surface area (Å²) < 4.78 is 118. The van der Waals surface area contributed by atoms with Crippen LogP contribution in [0, 0.1) is 0 Å². The lowest BCUT2D eigenvalue weighted by atomic mass is 9.85. The van der Waals surface area contributed by atoms with Crippen molar-refractivity contribution >= 4 is 22.1 Å². The molecule has 0 saturated heterocycles. The molecule has 0 bridgehead atoms. The van der Waals surface area contributed by atoms with Gasteiger partial charge in [0.1, 0.15) is 0 Å². The van der Waals surface area contributed by atoms with Gasteiger partial charge in [-0.15, -0.1) is 0 Å². The van der Waals surface area contributed by atoms with E-state index in [1.807, 2.05) is 0 Å². The molecule has 1 atom stereocenters. The standard InChI is InChI=1S/C16H13F9N2O2/c1-12(28,14(17,18)19)7-4-2-6-3-5-8(11(27)9(6)10(7)26)13(29,15(20,21)22)16(23,24)25/h2-5,28-29H,26-27H2,1H3. The van der Waals surface area contributed by atoms with Gasteiger partial charge in [-0.1, -0.05) is 24.3 Å². The number of alkyl halides is 9. The molecule has 0 spiro atoms. The first-order valence-corrected chi connectivity index (χ1v) is 7.55. The highest BCUT2D eigenvalue weighted by Crippen LogP contribution is 2.53. The number of aliphatic hydroxyl groups is 2. The van der Waals surface area contributed by atoms with Crippen molar-refractivity contribution in [1.82, 2.24) is 0 Å². The minimum atomic E-state index is -6.27. The van der Waals surface area contributed by atoms with E-state index in [2.05, 4.69) is 0 Å². The van der Waals surface area contributed by atoms with Crippen LogP contribution in [0.4, 0.5) is 50.9 Å². The highest BCUT2D eigenvalue weighted by molar-refractivity contribution is 6.04. The van der Waals surface area contributed by atoms with Gasteiger partial charge in [0.25, 0.3) is 5.60 Å². The summed E-state index contributed by atoms with van der Waals surface area (Å²) in [7, 11) is 0. The van der Waals surface area contributed by atoms with Gasteiger partial charge in [0, 0.05) is 27.9 Å². The van der Waals surface area contributed by atoms with Gasteiger partial charge >= 0.3 is 18.5 Å². The van der Waals surface area contributed by atoms with Crippen LogP contribution in [0.1, 0.15) is 18.1 Å². The zero-order valence-corrected chi connectivity index (χ0v) is 14.3. The maximum Gasteiger partial charge on any atom is 0.430 e. The van der Waals surface area contributed by atoms with E-state index < -0.39 is 57.6 Å². The Labute approximate surface area is 156 Å². The first-order valence-electron chi connectivity index (χ1n) is 7.55. The normalized spacial score (nSPS) is 16.1. The number of hydrogen-bond acceptors (Lipinski definition) is 4. The lowest BCUT2D eigenvalue weighted by Crippen LogP contribution is -2.54. The molecule has 0 aromatic heterocycles. The SMILES string of the molecule is CC(O)(c1ccc2ccc(C(O)(C(F)(F)F)C(F)(F)F)c(N)c2c1N)C(F)(F)F. The molecule has 2 aromatic carbocycles. The van der Waals surface area contributed by atoms with Gasteiger partial charge in [0.2, 0.25) is 0 Å². The molecule has 1 unspecified atom stereocenters. The minimum Gasteiger partial charge on any atom is -0.398 e. The predicted octanol–water partition coefficient (Wildman–Crippen LogP) is 4.09. The Morgan fingerprint density at radius 2 is 1.03 bits per heavy atom. The van der Waals surface area contributed by atoms with E-state index in [0.717, 1.165) is 6.07 Å². The predicted molar refractivity (Wildman–Crippen MR) is 84.4 cm³/mol. The summed E-state index contributed by atoms with van der Waals surface area (Å²) in [6.07, 6.45) is -17.8. The highest BCUT2D eigenvalue weighted by atomic mass is 19.4. The molecule has 0 aliphatic heterocycles. The van der Waals surface area contributed by atoms with Crippen molar-refractivity contribution in [3.8, 4) is 0 Å². The topological polar surface area (TPSA) is 92.5 Å². The van der Waals surface area contributed by atoms with Crippen LogP contribution in [0.15, 0.2) is 24.3 Å². The van der Waals surface area contributed by atoms with Crippen molar-refractivity contribution in [3.63, 3.8) is 0 Å². The van der Waals surface area contributed by atoms with Crippen molar-refractivity contribution < 1.29 is 49.7 Å². The maximum absolute atomic E-state index is 13.1. The van der Waals surface area contributed by atoms with Gasteiger partial charge in [0.05, 0.1) is 0 Å². The molecule has 13 heteroatoms. The summed E-state index contributed by atoms with van der Waals surface area (Å²) in [4.78, 5) is 0. The number of nitrogen functional groups attached to an aromatic ring is 2. The second-order valence-electron chi connectivity index (χ2n) is 6.43. The van der Waals surface area contributed by atoms with Crippen molar-refractivity contribution in [2.45, 2.75) is 36.7 Å². The van der Waals surface area contributed by atoms with Crippen LogP contribution in [0.3, 0.4) is 0 Å². The van der Waals surface area contributed by atoms with Crippen molar-refractivity contribution in [1.29, 1.82) is 0 Å². The Hall–Kier alpha value is -2.41. The number of fused-ring (bicyclic) bond motifs is 1. The summed E-state index contributed by atoms with van der Waals surface area (Å²) in [5, 5.41) is 18.3. The second kappa shape index (κ2) is 6.29. The summed E-state index contributed by atoms with van der Waals surface area (Å²) in [5.41, 5.74) is -3.25. The van der Waals surface area contributed by atoms with E-state index in [4.69, 9.17) is 11.5 Å². The first kappa shape index (κ1) is 22.9. The zero-order chi connectivity index (χ0) is 22.8. The summed E-state index contributed by atoms with van der Waals surface area (Å²) >= 11 is 0. The molecule has 162 valence electrons. The quantitative estimate of drug-likeness (QED) is 0.422. The van der Waals surface area contributed by atoms with E-state index in [1.165, 1.54) is 0 Å². The van der Waals surface area contributed by atoms with Crippen LogP contribution in [0.5, 0.6) is 0 Å². The van der Waals surface area contributed by atoms with Gasteiger partial charge in [-0.05, 0) is 12.3 Å².